The van der Waals surface area contributed by atoms with Crippen molar-refractivity contribution in [3.05, 3.63) is 12.7 Å². The first-order valence-corrected chi connectivity index (χ1v) is 6.45. The molecule has 0 atom stereocenters. The van der Waals surface area contributed by atoms with Crippen LogP contribution in [-0.4, -0.2) is 36.8 Å². The lowest BCUT2D eigenvalue weighted by molar-refractivity contribution is -0.960. The third-order valence-electron chi connectivity index (χ3n) is 3.55. The third-order valence-corrected chi connectivity index (χ3v) is 3.55. The molecule has 0 N–H and O–H groups in total. The summed E-state index contributed by atoms with van der Waals surface area (Å²) in [7, 11) is 4.20. The maximum Gasteiger partial charge on any atom is 0.334 e. The van der Waals surface area contributed by atoms with E-state index in [9.17, 15) is 4.79 Å². The molecule has 0 fully saturated rings. The molecule has 0 saturated carbocycles. The molecule has 0 saturated heterocycles. The van der Waals surface area contributed by atoms with Gasteiger partial charge in [0.25, 0.3) is 0 Å². The van der Waals surface area contributed by atoms with Gasteiger partial charge in [-0.3, -0.25) is 4.48 Å². The number of hydrogen-bond donors (Lipinski definition) is 0. The largest absolute Gasteiger partial charge is 1.00 e. The first-order valence-electron chi connectivity index (χ1n) is 6.45. The molecule has 0 bridgehead atoms. The van der Waals surface area contributed by atoms with Crippen molar-refractivity contribution in [1.82, 2.24) is 0 Å². The number of halogens is 1. The van der Waals surface area contributed by atoms with Gasteiger partial charge in [-0.05, 0) is 12.8 Å². The van der Waals surface area contributed by atoms with Crippen molar-refractivity contribution >= 4 is 5.97 Å². The van der Waals surface area contributed by atoms with Gasteiger partial charge in [0.1, 0.15) is 0 Å². The SMILES string of the molecule is C=CC(=O)OC(C)(C)[N+](C)(C)CCCCCC.[Cl-]. The summed E-state index contributed by atoms with van der Waals surface area (Å²) in [5, 5.41) is 0. The van der Waals surface area contributed by atoms with Gasteiger partial charge in [-0.25, -0.2) is 4.79 Å². The summed E-state index contributed by atoms with van der Waals surface area (Å²) in [6, 6.07) is 0. The van der Waals surface area contributed by atoms with E-state index in [1.807, 2.05) is 13.8 Å². The molecule has 0 aromatic heterocycles. The first kappa shape index (κ1) is 19.8. The number of quaternary nitrogens is 1. The molecule has 4 heteroatoms. The van der Waals surface area contributed by atoms with Gasteiger partial charge in [-0.15, -0.1) is 0 Å². The molecule has 18 heavy (non-hydrogen) atoms. The fraction of sp³-hybridized carbons (Fsp3) is 0.786. The number of esters is 1. The molecule has 0 aliphatic carbocycles. The van der Waals surface area contributed by atoms with Crippen LogP contribution in [0.3, 0.4) is 0 Å². The van der Waals surface area contributed by atoms with Crippen LogP contribution in [-0.2, 0) is 9.53 Å². The van der Waals surface area contributed by atoms with E-state index in [0.717, 1.165) is 13.0 Å². The zero-order valence-electron chi connectivity index (χ0n) is 12.5. The van der Waals surface area contributed by atoms with Gasteiger partial charge in [-0.2, -0.15) is 0 Å². The third kappa shape index (κ3) is 6.41. The lowest BCUT2D eigenvalue weighted by Crippen LogP contribution is -3.00. The van der Waals surface area contributed by atoms with Crippen LogP contribution in [0.15, 0.2) is 12.7 Å². The Balaban J connectivity index is 0. The Hall–Kier alpha value is -0.540. The van der Waals surface area contributed by atoms with E-state index in [0.29, 0.717) is 4.48 Å². The van der Waals surface area contributed by atoms with Gasteiger partial charge in [0.2, 0.25) is 5.72 Å². The van der Waals surface area contributed by atoms with E-state index in [-0.39, 0.29) is 18.4 Å². The van der Waals surface area contributed by atoms with Crippen molar-refractivity contribution in [1.29, 1.82) is 0 Å². The van der Waals surface area contributed by atoms with E-state index < -0.39 is 5.72 Å². The van der Waals surface area contributed by atoms with Crippen molar-refractivity contribution in [2.24, 2.45) is 0 Å². The predicted molar refractivity (Wildman–Crippen MR) is 71.5 cm³/mol. The second-order valence-electron chi connectivity index (χ2n) is 5.54. The highest BCUT2D eigenvalue weighted by Crippen LogP contribution is 2.23. The lowest BCUT2D eigenvalue weighted by atomic mass is 10.1. The topological polar surface area (TPSA) is 26.3 Å². The van der Waals surface area contributed by atoms with Gasteiger partial charge in [0.15, 0.2) is 0 Å². The number of unbranched alkanes of at least 4 members (excludes halogenated alkanes) is 3. The minimum absolute atomic E-state index is 0. The summed E-state index contributed by atoms with van der Waals surface area (Å²) < 4.78 is 6.10. The van der Waals surface area contributed by atoms with Crippen molar-refractivity contribution in [2.75, 3.05) is 20.6 Å². The predicted octanol–water partition coefficient (Wildman–Crippen LogP) is 0.112. The zero-order valence-corrected chi connectivity index (χ0v) is 13.2. The molecule has 0 amide bonds. The Morgan fingerprint density at radius 2 is 1.83 bits per heavy atom. The fourth-order valence-corrected chi connectivity index (χ4v) is 1.61. The molecule has 0 unspecified atom stereocenters. The van der Waals surface area contributed by atoms with Gasteiger partial charge >= 0.3 is 5.97 Å². The van der Waals surface area contributed by atoms with Gasteiger partial charge in [-0.1, -0.05) is 26.3 Å². The molecular weight excluding hydrogens is 250 g/mol. The Morgan fingerprint density at radius 1 is 1.28 bits per heavy atom. The highest BCUT2D eigenvalue weighted by molar-refractivity contribution is 5.81. The van der Waals surface area contributed by atoms with Crippen molar-refractivity contribution in [2.45, 2.75) is 52.2 Å². The number of nitrogens with zero attached hydrogens (tertiary/aromatic N) is 1. The molecule has 0 spiro atoms. The zero-order chi connectivity index (χ0) is 13.5. The summed E-state index contributed by atoms with van der Waals surface area (Å²) in [5.41, 5.74) is -0.516. The molecule has 0 aromatic carbocycles. The Kier molecular flexibility index (Phi) is 9.39. The van der Waals surface area contributed by atoms with Crippen LogP contribution < -0.4 is 12.4 Å². The molecular formula is C14H28ClNO2. The fourth-order valence-electron chi connectivity index (χ4n) is 1.61. The van der Waals surface area contributed by atoms with Crippen molar-refractivity contribution in [3.63, 3.8) is 0 Å². The van der Waals surface area contributed by atoms with Gasteiger partial charge < -0.3 is 17.1 Å². The second-order valence-corrected chi connectivity index (χ2v) is 5.54. The summed E-state index contributed by atoms with van der Waals surface area (Å²) in [5.74, 6) is -0.352. The number of carbonyl (C=O) groups excluding carboxylic acids is 1. The number of carbonyl (C=O) groups is 1. The number of ether oxygens (including phenoxy) is 1. The Labute approximate surface area is 118 Å². The lowest BCUT2D eigenvalue weighted by Gasteiger charge is -2.43. The molecule has 3 nitrogen and oxygen atoms in total. The summed E-state index contributed by atoms with van der Waals surface area (Å²) >= 11 is 0. The summed E-state index contributed by atoms with van der Waals surface area (Å²) in [6.45, 7) is 10.6. The Morgan fingerprint density at radius 3 is 2.28 bits per heavy atom. The van der Waals surface area contributed by atoms with Crippen LogP contribution >= 0.6 is 0 Å². The average Bonchev–Trinajstić information content (AvgIpc) is 2.23. The van der Waals surface area contributed by atoms with Crippen LogP contribution in [0.25, 0.3) is 0 Å². The smallest absolute Gasteiger partial charge is 0.334 e. The second kappa shape index (κ2) is 8.54. The van der Waals surface area contributed by atoms with Crippen LogP contribution in [0.5, 0.6) is 0 Å². The van der Waals surface area contributed by atoms with E-state index in [1.54, 1.807) is 0 Å². The van der Waals surface area contributed by atoms with Crippen LogP contribution in [0.1, 0.15) is 46.5 Å². The maximum absolute atomic E-state index is 11.3. The Bertz CT molecular complexity index is 263. The minimum Gasteiger partial charge on any atom is -1.00 e. The summed E-state index contributed by atoms with van der Waals surface area (Å²) in [6.07, 6.45) is 6.13. The highest BCUT2D eigenvalue weighted by atomic mass is 35.5. The van der Waals surface area contributed by atoms with Gasteiger partial charge in [0, 0.05) is 19.9 Å². The van der Waals surface area contributed by atoms with Crippen LogP contribution in [0, 0.1) is 0 Å². The molecule has 0 aliphatic rings. The molecule has 0 aliphatic heterocycles. The quantitative estimate of drug-likeness (QED) is 0.207. The molecule has 0 heterocycles. The van der Waals surface area contributed by atoms with Crippen molar-refractivity contribution < 1.29 is 26.4 Å². The highest BCUT2D eigenvalue weighted by Gasteiger charge is 2.39. The first-order chi connectivity index (χ1) is 7.77. The van der Waals surface area contributed by atoms with E-state index in [4.69, 9.17) is 4.74 Å². The number of rotatable bonds is 8. The maximum atomic E-state index is 11.3. The van der Waals surface area contributed by atoms with E-state index >= 15 is 0 Å². The minimum atomic E-state index is -0.516. The van der Waals surface area contributed by atoms with E-state index in [1.165, 1.54) is 25.3 Å². The van der Waals surface area contributed by atoms with Crippen LogP contribution in [0.4, 0.5) is 0 Å². The normalized spacial score (nSPS) is 11.6. The monoisotopic (exact) mass is 277 g/mol. The average molecular weight is 278 g/mol. The van der Waals surface area contributed by atoms with Crippen LogP contribution in [0.2, 0.25) is 0 Å². The van der Waals surface area contributed by atoms with E-state index in [2.05, 4.69) is 27.6 Å². The van der Waals surface area contributed by atoms with Crippen molar-refractivity contribution in [3.8, 4) is 0 Å². The molecule has 0 rings (SSSR count). The molecule has 0 radical (unpaired) electrons. The number of hydrogen-bond acceptors (Lipinski definition) is 2. The van der Waals surface area contributed by atoms with Gasteiger partial charge in [0.05, 0.1) is 20.6 Å². The standard InChI is InChI=1S/C14H28NO2.ClH/c1-7-9-10-11-12-15(5,6)14(3,4)17-13(16)8-2;/h8H,2,7,9-12H2,1,3-6H3;1H/q+1;/p-1. The molecule has 0 aromatic rings. The molecule has 108 valence electrons. The summed E-state index contributed by atoms with van der Waals surface area (Å²) in [4.78, 5) is 11.3.